The number of rotatable bonds is 14. The van der Waals surface area contributed by atoms with Gasteiger partial charge in [0.1, 0.15) is 11.5 Å². The van der Waals surface area contributed by atoms with Crippen LogP contribution >= 0.6 is 67.2 Å². The molecular formula is C31H41Br2ClN2O7S4. The summed E-state index contributed by atoms with van der Waals surface area (Å²) in [5.41, 5.74) is 0. The third-order valence-corrected chi connectivity index (χ3v) is 9.32. The molecule has 9 nitrogen and oxygen atoms in total. The SMILES string of the molecule is C.O=C(CCCCOc1cccc(Br)c1)NC1CCSC1=O.O=C(O)CCCCOc1cccc(Br)c1.O=C1SCCC1NCl.S=S. The summed E-state index contributed by atoms with van der Waals surface area (Å²) in [5, 5.41) is 11.5. The molecule has 2 atom stereocenters. The van der Waals surface area contributed by atoms with E-state index in [1.165, 1.54) is 23.5 Å². The molecule has 0 aromatic heterocycles. The molecule has 0 bridgehead atoms. The molecule has 2 heterocycles. The lowest BCUT2D eigenvalue weighted by atomic mass is 10.2. The number of ether oxygens (including phenoxy) is 2. The number of hydrogen-bond donors (Lipinski definition) is 3. The fraction of sp³-hybridized carbons (Fsp3) is 0.484. The van der Waals surface area contributed by atoms with Crippen LogP contribution in [0.1, 0.15) is 58.8 Å². The van der Waals surface area contributed by atoms with E-state index in [9.17, 15) is 19.2 Å². The molecule has 2 aliphatic heterocycles. The molecule has 4 rings (SSSR count). The number of hydrogen-bond acceptors (Lipinski definition) is 11. The molecule has 3 N–H and O–H groups in total. The Kier molecular flexibility index (Phi) is 27.7. The molecule has 2 fully saturated rings. The summed E-state index contributed by atoms with van der Waals surface area (Å²) in [6.07, 6.45) is 5.26. The van der Waals surface area contributed by atoms with Crippen molar-refractivity contribution in [2.75, 3.05) is 24.7 Å². The van der Waals surface area contributed by atoms with E-state index in [1.807, 2.05) is 48.5 Å². The molecular weight excluding hydrogens is 836 g/mol. The molecule has 16 heteroatoms. The Hall–Kier alpha value is -1.33. The van der Waals surface area contributed by atoms with E-state index in [2.05, 4.69) is 64.4 Å². The minimum atomic E-state index is -0.752. The fourth-order valence-electron chi connectivity index (χ4n) is 3.75. The molecule has 2 unspecified atom stereocenters. The fourth-order valence-corrected chi connectivity index (χ4v) is 6.64. The van der Waals surface area contributed by atoms with Gasteiger partial charge in [0.2, 0.25) is 16.1 Å². The molecule has 0 saturated carbocycles. The molecule has 1 amide bonds. The van der Waals surface area contributed by atoms with Crippen LogP contribution in [0.5, 0.6) is 11.5 Å². The minimum Gasteiger partial charge on any atom is -0.494 e. The normalized spacial score (nSPS) is 16.1. The van der Waals surface area contributed by atoms with Gasteiger partial charge in [-0.15, -0.1) is 0 Å². The van der Waals surface area contributed by atoms with Gasteiger partial charge in [0.25, 0.3) is 0 Å². The number of nitrogens with one attached hydrogen (secondary N) is 2. The smallest absolute Gasteiger partial charge is 0.303 e. The van der Waals surface area contributed by atoms with E-state index in [0.29, 0.717) is 26.1 Å². The Morgan fingerprint density at radius 2 is 1.30 bits per heavy atom. The van der Waals surface area contributed by atoms with E-state index >= 15 is 0 Å². The van der Waals surface area contributed by atoms with Gasteiger partial charge in [-0.2, -0.15) is 0 Å². The quantitative estimate of drug-likeness (QED) is 0.128. The Labute approximate surface area is 317 Å². The minimum absolute atomic E-state index is 0. The van der Waals surface area contributed by atoms with Crippen molar-refractivity contribution in [3.63, 3.8) is 0 Å². The van der Waals surface area contributed by atoms with E-state index in [1.54, 1.807) is 0 Å². The largest absolute Gasteiger partial charge is 0.494 e. The van der Waals surface area contributed by atoms with Crippen LogP contribution in [-0.2, 0) is 41.6 Å². The highest BCUT2D eigenvalue weighted by molar-refractivity contribution is 9.10. The van der Waals surface area contributed by atoms with Crippen LogP contribution in [0.2, 0.25) is 0 Å². The van der Waals surface area contributed by atoms with Gasteiger partial charge in [-0.1, -0.05) is 74.9 Å². The van der Waals surface area contributed by atoms with Gasteiger partial charge in [0, 0.05) is 55.7 Å². The summed E-state index contributed by atoms with van der Waals surface area (Å²) in [5.74, 6) is 2.55. The number of aliphatic carboxylic acids is 1. The third kappa shape index (κ3) is 22.1. The van der Waals surface area contributed by atoms with Crippen molar-refractivity contribution in [1.29, 1.82) is 0 Å². The van der Waals surface area contributed by atoms with Gasteiger partial charge in [-0.05, 0) is 86.7 Å². The van der Waals surface area contributed by atoms with Crippen LogP contribution in [0.15, 0.2) is 57.5 Å². The lowest BCUT2D eigenvalue weighted by Crippen LogP contribution is -2.36. The first kappa shape index (κ1) is 45.7. The zero-order valence-corrected chi connectivity index (χ0v) is 32.1. The first-order valence-corrected chi connectivity index (χ1v) is 19.6. The van der Waals surface area contributed by atoms with Gasteiger partial charge < -0.3 is 19.9 Å². The van der Waals surface area contributed by atoms with Crippen LogP contribution in [0, 0.1) is 0 Å². The zero-order chi connectivity index (χ0) is 34.2. The average Bonchev–Trinajstić information content (AvgIpc) is 3.65. The first-order valence-electron chi connectivity index (χ1n) is 14.3. The monoisotopic (exact) mass is 874 g/mol. The van der Waals surface area contributed by atoms with Crippen LogP contribution in [-0.4, -0.2) is 64.0 Å². The number of thioether (sulfide) groups is 2. The summed E-state index contributed by atoms with van der Waals surface area (Å²) in [7, 11) is 0. The molecule has 262 valence electrons. The third-order valence-electron chi connectivity index (χ3n) is 6.05. The van der Waals surface area contributed by atoms with Crippen molar-refractivity contribution in [2.45, 2.75) is 70.9 Å². The highest BCUT2D eigenvalue weighted by Gasteiger charge is 2.26. The molecule has 2 aromatic rings. The maximum absolute atomic E-state index is 11.7. The van der Waals surface area contributed by atoms with E-state index < -0.39 is 5.97 Å². The topological polar surface area (TPSA) is 131 Å². The molecule has 0 aliphatic carbocycles. The molecule has 2 aliphatic rings. The summed E-state index contributed by atoms with van der Waals surface area (Å²) in [4.78, 5) is 46.4. The second-order valence-electron chi connectivity index (χ2n) is 9.61. The van der Waals surface area contributed by atoms with Crippen molar-refractivity contribution < 1.29 is 33.8 Å². The van der Waals surface area contributed by atoms with Crippen LogP contribution in [0.4, 0.5) is 0 Å². The molecule has 0 radical (unpaired) electrons. The zero-order valence-electron chi connectivity index (χ0n) is 24.9. The average molecular weight is 877 g/mol. The van der Waals surface area contributed by atoms with Gasteiger partial charge in [-0.3, -0.25) is 19.2 Å². The summed E-state index contributed by atoms with van der Waals surface area (Å²) >= 11 is 21.9. The highest BCUT2D eigenvalue weighted by atomic mass is 79.9. The van der Waals surface area contributed by atoms with Crippen LogP contribution in [0.25, 0.3) is 0 Å². The van der Waals surface area contributed by atoms with Crippen molar-refractivity contribution in [3.05, 3.63) is 57.5 Å². The van der Waals surface area contributed by atoms with Crippen LogP contribution in [0.3, 0.4) is 0 Å². The Balaban J connectivity index is 0.000000709. The van der Waals surface area contributed by atoms with E-state index in [-0.39, 0.29) is 42.1 Å². The number of benzene rings is 2. The Bertz CT molecular complexity index is 1240. The Morgan fingerprint density at radius 1 is 0.830 bits per heavy atom. The maximum atomic E-state index is 11.7. The van der Waals surface area contributed by atoms with Crippen LogP contribution < -0.4 is 19.6 Å². The number of carbonyl (C=O) groups is 4. The maximum Gasteiger partial charge on any atom is 0.303 e. The van der Waals surface area contributed by atoms with Gasteiger partial charge in [0.05, 0.1) is 25.3 Å². The standard InChI is InChI=1S/C15H18BrNO3S.C11H13BrO3.C4H6ClNOS.CH4.S2/c16-11-4-3-5-12(10-11)20-8-2-1-6-14(18)17-13-7-9-21-15(13)19;12-9-4-3-5-10(8-9)15-7-2-1-6-11(13)14;5-6-3-1-2-8-4(3)7;;1-2/h3-5,10,13H,1-2,6-9H2,(H,17,18);3-5,8H,1-2,6-7H2,(H,13,14);3,6H,1-2H2;1H4;. The molecule has 2 aromatic carbocycles. The number of halogens is 3. The summed E-state index contributed by atoms with van der Waals surface area (Å²) in [6, 6.07) is 14.9. The van der Waals surface area contributed by atoms with Crippen molar-refractivity contribution in [1.82, 2.24) is 10.2 Å². The second kappa shape index (κ2) is 28.5. The van der Waals surface area contributed by atoms with Crippen molar-refractivity contribution in [3.8, 4) is 11.5 Å². The number of carboxylic acids is 1. The van der Waals surface area contributed by atoms with Gasteiger partial charge >= 0.3 is 5.97 Å². The molecule has 47 heavy (non-hydrogen) atoms. The summed E-state index contributed by atoms with van der Waals surface area (Å²) < 4.78 is 13.0. The molecule has 0 spiro atoms. The van der Waals surface area contributed by atoms with E-state index in [0.717, 1.165) is 64.1 Å². The highest BCUT2D eigenvalue weighted by Crippen LogP contribution is 2.21. The number of carboxylic acid groups (broad SMARTS) is 1. The number of carbonyl (C=O) groups excluding carboxylic acids is 3. The predicted octanol–water partition coefficient (Wildman–Crippen LogP) is 7.62. The first-order chi connectivity index (χ1) is 22.2. The van der Waals surface area contributed by atoms with Gasteiger partial charge in [-0.25, -0.2) is 4.84 Å². The van der Waals surface area contributed by atoms with E-state index in [4.69, 9.17) is 26.4 Å². The number of unbranched alkanes of at least 4 members (excludes halogenated alkanes) is 2. The lowest BCUT2D eigenvalue weighted by molar-refractivity contribution is -0.137. The van der Waals surface area contributed by atoms with Crippen molar-refractivity contribution in [2.24, 2.45) is 0 Å². The summed E-state index contributed by atoms with van der Waals surface area (Å²) in [6.45, 7) is 1.14. The Morgan fingerprint density at radius 3 is 1.68 bits per heavy atom. The van der Waals surface area contributed by atoms with Crippen molar-refractivity contribution >= 4 is 112 Å². The number of amides is 1. The predicted molar refractivity (Wildman–Crippen MR) is 205 cm³/mol. The second-order valence-corrected chi connectivity index (χ2v) is 13.9. The van der Waals surface area contributed by atoms with Gasteiger partial charge in [0.15, 0.2) is 0 Å². The lowest BCUT2D eigenvalue weighted by Gasteiger charge is -2.10. The molecule has 2 saturated heterocycles.